The van der Waals surface area contributed by atoms with Crippen LogP contribution >= 0.6 is 15.9 Å². The predicted molar refractivity (Wildman–Crippen MR) is 80.8 cm³/mol. The summed E-state index contributed by atoms with van der Waals surface area (Å²) in [5.41, 5.74) is 6.45. The highest BCUT2D eigenvalue weighted by molar-refractivity contribution is 9.10. The van der Waals surface area contributed by atoms with Gasteiger partial charge in [0, 0.05) is 12.1 Å². The number of nitriles is 1. The number of ether oxygens (including phenoxy) is 1. The number of hydrogen-bond donors (Lipinski definition) is 1. The molecule has 0 saturated heterocycles. The summed E-state index contributed by atoms with van der Waals surface area (Å²) in [6.07, 6.45) is 2.83. The van der Waals surface area contributed by atoms with Crippen molar-refractivity contribution >= 4 is 15.9 Å². The lowest BCUT2D eigenvalue weighted by Crippen LogP contribution is -2.09. The first-order valence-corrected chi connectivity index (χ1v) is 7.31. The van der Waals surface area contributed by atoms with Crippen molar-refractivity contribution in [2.24, 2.45) is 11.1 Å². The lowest BCUT2D eigenvalue weighted by Gasteiger charge is -2.15. The third kappa shape index (κ3) is 5.22. The second kappa shape index (κ2) is 7.52. The normalized spacial score (nSPS) is 11.1. The van der Waals surface area contributed by atoms with Gasteiger partial charge in [-0.1, -0.05) is 12.1 Å². The highest BCUT2D eigenvalue weighted by Crippen LogP contribution is 2.29. The minimum atomic E-state index is -0.240. The molecule has 0 aliphatic carbocycles. The van der Waals surface area contributed by atoms with E-state index in [-0.39, 0.29) is 5.41 Å². The fourth-order valence-electron chi connectivity index (χ4n) is 1.78. The Kier molecular flexibility index (Phi) is 6.33. The molecule has 0 saturated carbocycles. The molecule has 0 aliphatic rings. The molecule has 0 spiro atoms. The Bertz CT molecular complexity index is 452. The van der Waals surface area contributed by atoms with Crippen molar-refractivity contribution in [2.75, 3.05) is 6.61 Å². The van der Waals surface area contributed by atoms with Gasteiger partial charge in [-0.15, -0.1) is 0 Å². The predicted octanol–water partition coefficient (Wildman–Crippen LogP) is 4.01. The van der Waals surface area contributed by atoms with Crippen molar-refractivity contribution in [3.63, 3.8) is 0 Å². The van der Waals surface area contributed by atoms with E-state index < -0.39 is 0 Å². The standard InChI is InChI=1S/C15H21BrN2O/c1-15(2,11-18)8-3-4-9-19-14-12(10-17)6-5-7-13(14)16/h5-7H,3-4,8-10,17H2,1-2H3. The average molecular weight is 325 g/mol. The molecule has 0 radical (unpaired) electrons. The van der Waals surface area contributed by atoms with Gasteiger partial charge in [0.15, 0.2) is 0 Å². The summed E-state index contributed by atoms with van der Waals surface area (Å²) in [6.45, 7) is 5.05. The van der Waals surface area contributed by atoms with E-state index in [1.807, 2.05) is 32.0 Å². The zero-order valence-corrected chi connectivity index (χ0v) is 13.2. The van der Waals surface area contributed by atoms with Gasteiger partial charge in [-0.05, 0) is 55.1 Å². The molecule has 0 unspecified atom stereocenters. The Balaban J connectivity index is 2.40. The van der Waals surface area contributed by atoms with Gasteiger partial charge in [0.2, 0.25) is 0 Å². The van der Waals surface area contributed by atoms with Crippen LogP contribution in [0.2, 0.25) is 0 Å². The summed E-state index contributed by atoms with van der Waals surface area (Å²) < 4.78 is 6.74. The van der Waals surface area contributed by atoms with E-state index >= 15 is 0 Å². The lowest BCUT2D eigenvalue weighted by atomic mass is 9.89. The van der Waals surface area contributed by atoms with Crippen molar-refractivity contribution < 1.29 is 4.74 Å². The Morgan fingerprint density at radius 3 is 2.74 bits per heavy atom. The molecule has 0 aromatic heterocycles. The molecule has 0 bridgehead atoms. The molecule has 1 rings (SSSR count). The van der Waals surface area contributed by atoms with Crippen LogP contribution in [-0.2, 0) is 6.54 Å². The highest BCUT2D eigenvalue weighted by atomic mass is 79.9. The molecule has 0 atom stereocenters. The van der Waals surface area contributed by atoms with Crippen LogP contribution in [0.25, 0.3) is 0 Å². The summed E-state index contributed by atoms with van der Waals surface area (Å²) in [4.78, 5) is 0. The maximum absolute atomic E-state index is 8.93. The molecule has 1 aromatic rings. The molecule has 4 heteroatoms. The average Bonchev–Trinajstić information content (AvgIpc) is 2.39. The maximum atomic E-state index is 8.93. The molecular formula is C15H21BrN2O. The summed E-state index contributed by atoms with van der Waals surface area (Å²) in [7, 11) is 0. The molecule has 0 aliphatic heterocycles. The summed E-state index contributed by atoms with van der Waals surface area (Å²) in [6, 6.07) is 8.19. The third-order valence-corrected chi connectivity index (χ3v) is 3.64. The number of hydrogen-bond acceptors (Lipinski definition) is 3. The van der Waals surface area contributed by atoms with E-state index in [2.05, 4.69) is 22.0 Å². The van der Waals surface area contributed by atoms with E-state index in [4.69, 9.17) is 15.7 Å². The zero-order chi connectivity index (χ0) is 14.3. The summed E-state index contributed by atoms with van der Waals surface area (Å²) in [5.74, 6) is 0.838. The molecule has 19 heavy (non-hydrogen) atoms. The molecule has 1 aromatic carbocycles. The number of halogens is 1. The Hall–Kier alpha value is -1.05. The number of benzene rings is 1. The molecule has 0 heterocycles. The van der Waals surface area contributed by atoms with Crippen molar-refractivity contribution in [3.8, 4) is 11.8 Å². The number of unbranched alkanes of at least 4 members (excludes halogenated alkanes) is 1. The first-order valence-electron chi connectivity index (χ1n) is 6.51. The molecule has 104 valence electrons. The first kappa shape index (κ1) is 16.0. The minimum absolute atomic E-state index is 0.240. The van der Waals surface area contributed by atoms with Crippen LogP contribution in [0.1, 0.15) is 38.7 Å². The lowest BCUT2D eigenvalue weighted by molar-refractivity contribution is 0.291. The first-order chi connectivity index (χ1) is 9.00. The Morgan fingerprint density at radius 1 is 1.37 bits per heavy atom. The van der Waals surface area contributed by atoms with Crippen molar-refractivity contribution in [2.45, 2.75) is 39.7 Å². The molecule has 2 N–H and O–H groups in total. The van der Waals surface area contributed by atoms with E-state index in [0.717, 1.165) is 35.0 Å². The molecular weight excluding hydrogens is 304 g/mol. The van der Waals surface area contributed by atoms with Crippen molar-refractivity contribution in [1.29, 1.82) is 5.26 Å². The second-order valence-corrected chi connectivity index (χ2v) is 6.09. The van der Waals surface area contributed by atoms with Crippen molar-refractivity contribution in [3.05, 3.63) is 28.2 Å². The third-order valence-electron chi connectivity index (χ3n) is 3.01. The Morgan fingerprint density at radius 2 is 2.11 bits per heavy atom. The van der Waals surface area contributed by atoms with Gasteiger partial charge in [-0.3, -0.25) is 0 Å². The number of nitrogens with zero attached hydrogens (tertiary/aromatic N) is 1. The van der Waals surface area contributed by atoms with E-state index in [1.54, 1.807) is 0 Å². The van der Waals surface area contributed by atoms with Gasteiger partial charge in [0.1, 0.15) is 5.75 Å². The van der Waals surface area contributed by atoms with E-state index in [0.29, 0.717) is 13.2 Å². The monoisotopic (exact) mass is 324 g/mol. The Labute approximate surface area is 123 Å². The smallest absolute Gasteiger partial charge is 0.137 e. The molecule has 0 amide bonds. The van der Waals surface area contributed by atoms with Crippen LogP contribution in [-0.4, -0.2) is 6.61 Å². The summed E-state index contributed by atoms with van der Waals surface area (Å²) >= 11 is 3.48. The van der Waals surface area contributed by atoms with Gasteiger partial charge in [0.25, 0.3) is 0 Å². The van der Waals surface area contributed by atoms with Crippen LogP contribution in [0.3, 0.4) is 0 Å². The zero-order valence-electron chi connectivity index (χ0n) is 11.6. The largest absolute Gasteiger partial charge is 0.492 e. The van der Waals surface area contributed by atoms with Crippen LogP contribution in [0.5, 0.6) is 5.75 Å². The fraction of sp³-hybridized carbons (Fsp3) is 0.533. The van der Waals surface area contributed by atoms with Gasteiger partial charge in [0.05, 0.1) is 22.6 Å². The number of rotatable bonds is 7. The highest BCUT2D eigenvalue weighted by Gasteiger charge is 2.15. The van der Waals surface area contributed by atoms with Gasteiger partial charge < -0.3 is 10.5 Å². The van der Waals surface area contributed by atoms with Crippen LogP contribution in [0.15, 0.2) is 22.7 Å². The molecule has 0 fully saturated rings. The minimum Gasteiger partial charge on any atom is -0.492 e. The maximum Gasteiger partial charge on any atom is 0.137 e. The van der Waals surface area contributed by atoms with Gasteiger partial charge >= 0.3 is 0 Å². The van der Waals surface area contributed by atoms with Gasteiger partial charge in [-0.25, -0.2) is 0 Å². The van der Waals surface area contributed by atoms with Gasteiger partial charge in [-0.2, -0.15) is 5.26 Å². The van der Waals surface area contributed by atoms with Crippen LogP contribution < -0.4 is 10.5 Å². The fourth-order valence-corrected chi connectivity index (χ4v) is 2.30. The SMILES string of the molecule is CC(C)(C#N)CCCCOc1c(Br)cccc1CN. The molecule has 3 nitrogen and oxygen atoms in total. The van der Waals surface area contributed by atoms with Crippen molar-refractivity contribution in [1.82, 2.24) is 0 Å². The summed E-state index contributed by atoms with van der Waals surface area (Å²) in [5, 5.41) is 8.93. The van der Waals surface area contributed by atoms with Crippen LogP contribution in [0.4, 0.5) is 0 Å². The van der Waals surface area contributed by atoms with E-state index in [1.165, 1.54) is 0 Å². The number of para-hydroxylation sites is 1. The van der Waals surface area contributed by atoms with E-state index in [9.17, 15) is 0 Å². The quantitative estimate of drug-likeness (QED) is 0.771. The topological polar surface area (TPSA) is 59.0 Å². The van der Waals surface area contributed by atoms with Crippen LogP contribution in [0, 0.1) is 16.7 Å². The number of nitrogens with two attached hydrogens (primary N) is 1. The second-order valence-electron chi connectivity index (χ2n) is 5.23.